The fourth-order valence-electron chi connectivity index (χ4n) is 2.13. The number of morpholine rings is 1. The number of carbonyl (C=O) groups excluding carboxylic acids is 2. The van der Waals surface area contributed by atoms with Crippen molar-refractivity contribution in [3.63, 3.8) is 0 Å². The van der Waals surface area contributed by atoms with Crippen LogP contribution in [-0.2, 0) is 14.3 Å². The van der Waals surface area contributed by atoms with Crippen LogP contribution in [0.5, 0.6) is 0 Å². The van der Waals surface area contributed by atoms with Gasteiger partial charge in [-0.25, -0.2) is 0 Å². The molecule has 1 aliphatic rings. The Bertz CT molecular complexity index is 368. The topological polar surface area (TPSA) is 84.7 Å². The Hall–Kier alpha value is -1.21. The normalized spacial score (nSPS) is 16.9. The molecular formula is C13H23N3O3S. The van der Waals surface area contributed by atoms with Crippen molar-refractivity contribution in [2.75, 3.05) is 32.8 Å². The number of ether oxygens (including phenoxy) is 1. The molecule has 1 atom stereocenters. The predicted molar refractivity (Wildman–Crippen MR) is 80.1 cm³/mol. The van der Waals surface area contributed by atoms with Crippen LogP contribution in [0.15, 0.2) is 0 Å². The molecule has 2 amide bonds. The third-order valence-corrected chi connectivity index (χ3v) is 3.51. The average molecular weight is 301 g/mol. The molecule has 0 aromatic rings. The molecule has 0 aromatic carbocycles. The quantitative estimate of drug-likeness (QED) is 0.670. The lowest BCUT2D eigenvalue weighted by Crippen LogP contribution is -2.44. The molecule has 1 aliphatic heterocycles. The lowest BCUT2D eigenvalue weighted by molar-refractivity contribution is -0.135. The maximum absolute atomic E-state index is 12.0. The van der Waals surface area contributed by atoms with Gasteiger partial charge in [0.1, 0.15) is 0 Å². The van der Waals surface area contributed by atoms with Crippen LogP contribution in [0.4, 0.5) is 0 Å². The fourth-order valence-corrected chi connectivity index (χ4v) is 2.51. The zero-order valence-electron chi connectivity index (χ0n) is 12.1. The lowest BCUT2D eigenvalue weighted by Gasteiger charge is -2.27. The first-order chi connectivity index (χ1) is 9.43. The molecule has 7 heteroatoms. The van der Waals surface area contributed by atoms with Crippen LogP contribution < -0.4 is 11.1 Å². The number of nitrogens with one attached hydrogen (secondary N) is 1. The van der Waals surface area contributed by atoms with E-state index in [1.807, 2.05) is 13.8 Å². The predicted octanol–water partition coefficient (Wildman–Crippen LogP) is -0.0902. The molecule has 3 N–H and O–H groups in total. The van der Waals surface area contributed by atoms with E-state index in [0.29, 0.717) is 32.8 Å². The standard InChI is InChI=1S/C13H23N3O3S/c1-9(2)11(12(14)20)13(18)15-4-3-10(17)16-5-7-19-8-6-16/h9,11H,3-8H2,1-2H3,(H2,14,20)(H,15,18). The molecule has 6 nitrogen and oxygen atoms in total. The molecular weight excluding hydrogens is 278 g/mol. The molecule has 0 aromatic heterocycles. The number of nitrogens with zero attached hydrogens (tertiary/aromatic N) is 1. The first kappa shape index (κ1) is 16.8. The van der Waals surface area contributed by atoms with E-state index in [2.05, 4.69) is 5.32 Å². The summed E-state index contributed by atoms with van der Waals surface area (Å²) in [6, 6.07) is 0. The minimum atomic E-state index is -0.483. The summed E-state index contributed by atoms with van der Waals surface area (Å²) in [4.78, 5) is 25.8. The SMILES string of the molecule is CC(C)C(C(=O)NCCC(=O)N1CCOCC1)C(N)=S. The van der Waals surface area contributed by atoms with Crippen molar-refractivity contribution >= 4 is 29.0 Å². The highest BCUT2D eigenvalue weighted by Crippen LogP contribution is 2.11. The van der Waals surface area contributed by atoms with Crippen molar-refractivity contribution in [1.82, 2.24) is 10.2 Å². The Morgan fingerprint density at radius 1 is 1.35 bits per heavy atom. The van der Waals surface area contributed by atoms with E-state index >= 15 is 0 Å². The largest absolute Gasteiger partial charge is 0.393 e. The molecule has 0 spiro atoms. The number of rotatable bonds is 6. The van der Waals surface area contributed by atoms with Gasteiger partial charge in [-0.1, -0.05) is 26.1 Å². The Morgan fingerprint density at radius 2 is 1.95 bits per heavy atom. The number of hydrogen-bond acceptors (Lipinski definition) is 4. The van der Waals surface area contributed by atoms with Gasteiger partial charge in [-0.3, -0.25) is 9.59 Å². The van der Waals surface area contributed by atoms with Gasteiger partial charge >= 0.3 is 0 Å². The van der Waals surface area contributed by atoms with Crippen LogP contribution in [-0.4, -0.2) is 54.6 Å². The molecule has 20 heavy (non-hydrogen) atoms. The lowest BCUT2D eigenvalue weighted by atomic mass is 9.95. The fraction of sp³-hybridized carbons (Fsp3) is 0.769. The number of amides is 2. The van der Waals surface area contributed by atoms with Gasteiger partial charge in [0.15, 0.2) is 0 Å². The Kier molecular flexibility index (Phi) is 6.87. The summed E-state index contributed by atoms with van der Waals surface area (Å²) in [5.74, 6) is -0.613. The summed E-state index contributed by atoms with van der Waals surface area (Å²) >= 11 is 4.90. The van der Waals surface area contributed by atoms with E-state index in [-0.39, 0.29) is 29.1 Å². The number of thiocarbonyl (C=S) groups is 1. The number of nitrogens with two attached hydrogens (primary N) is 1. The van der Waals surface area contributed by atoms with Crippen LogP contribution >= 0.6 is 12.2 Å². The van der Waals surface area contributed by atoms with E-state index in [0.717, 1.165) is 0 Å². The second-order valence-electron chi connectivity index (χ2n) is 5.16. The molecule has 1 fully saturated rings. The minimum absolute atomic E-state index is 0.0324. The van der Waals surface area contributed by atoms with Gasteiger partial charge in [-0.2, -0.15) is 0 Å². The van der Waals surface area contributed by atoms with Crippen LogP contribution in [0, 0.1) is 11.8 Å². The van der Waals surface area contributed by atoms with Gasteiger partial charge in [0.05, 0.1) is 24.1 Å². The molecule has 1 rings (SSSR count). The summed E-state index contributed by atoms with van der Waals surface area (Å²) in [7, 11) is 0. The smallest absolute Gasteiger partial charge is 0.230 e. The molecule has 1 heterocycles. The Labute approximate surface area is 125 Å². The van der Waals surface area contributed by atoms with Gasteiger partial charge < -0.3 is 20.7 Å². The van der Waals surface area contributed by atoms with Crippen molar-refractivity contribution in [1.29, 1.82) is 0 Å². The maximum atomic E-state index is 12.0. The first-order valence-electron chi connectivity index (χ1n) is 6.86. The summed E-state index contributed by atoms with van der Waals surface area (Å²) in [6.45, 7) is 6.48. The second-order valence-corrected chi connectivity index (χ2v) is 5.63. The van der Waals surface area contributed by atoms with E-state index in [9.17, 15) is 9.59 Å². The monoisotopic (exact) mass is 301 g/mol. The van der Waals surface area contributed by atoms with Crippen molar-refractivity contribution in [3.8, 4) is 0 Å². The zero-order chi connectivity index (χ0) is 15.1. The van der Waals surface area contributed by atoms with Crippen LogP contribution in [0.3, 0.4) is 0 Å². The van der Waals surface area contributed by atoms with Gasteiger partial charge in [-0.15, -0.1) is 0 Å². The highest BCUT2D eigenvalue weighted by atomic mass is 32.1. The van der Waals surface area contributed by atoms with E-state index in [1.54, 1.807) is 4.90 Å². The zero-order valence-corrected chi connectivity index (χ0v) is 12.9. The van der Waals surface area contributed by atoms with Gasteiger partial charge in [-0.05, 0) is 5.92 Å². The molecule has 0 radical (unpaired) electrons. The third kappa shape index (κ3) is 5.05. The third-order valence-electron chi connectivity index (χ3n) is 3.26. The van der Waals surface area contributed by atoms with Crippen LogP contribution in [0.25, 0.3) is 0 Å². The van der Waals surface area contributed by atoms with Crippen LogP contribution in [0.2, 0.25) is 0 Å². The summed E-state index contributed by atoms with van der Waals surface area (Å²) < 4.78 is 5.18. The molecule has 0 saturated carbocycles. The van der Waals surface area contributed by atoms with E-state index in [1.165, 1.54) is 0 Å². The Morgan fingerprint density at radius 3 is 2.45 bits per heavy atom. The van der Waals surface area contributed by atoms with E-state index < -0.39 is 5.92 Å². The number of carbonyl (C=O) groups is 2. The highest BCUT2D eigenvalue weighted by Gasteiger charge is 2.25. The summed E-state index contributed by atoms with van der Waals surface area (Å²) in [5, 5.41) is 2.73. The first-order valence-corrected chi connectivity index (χ1v) is 7.27. The van der Waals surface area contributed by atoms with Crippen molar-refractivity contribution in [2.45, 2.75) is 20.3 Å². The molecule has 1 saturated heterocycles. The summed E-state index contributed by atoms with van der Waals surface area (Å²) in [5.41, 5.74) is 5.57. The van der Waals surface area contributed by atoms with Gasteiger partial charge in [0.2, 0.25) is 11.8 Å². The Balaban J connectivity index is 2.33. The average Bonchev–Trinajstić information content (AvgIpc) is 2.38. The van der Waals surface area contributed by atoms with E-state index in [4.69, 9.17) is 22.7 Å². The summed E-state index contributed by atoms with van der Waals surface area (Å²) in [6.07, 6.45) is 0.286. The maximum Gasteiger partial charge on any atom is 0.230 e. The van der Waals surface area contributed by atoms with Crippen LogP contribution in [0.1, 0.15) is 20.3 Å². The molecule has 114 valence electrons. The second kappa shape index (κ2) is 8.16. The minimum Gasteiger partial charge on any atom is -0.393 e. The van der Waals surface area contributed by atoms with Crippen molar-refractivity contribution in [3.05, 3.63) is 0 Å². The number of hydrogen-bond donors (Lipinski definition) is 2. The van der Waals surface area contributed by atoms with Crippen molar-refractivity contribution < 1.29 is 14.3 Å². The van der Waals surface area contributed by atoms with Gasteiger partial charge in [0, 0.05) is 26.1 Å². The van der Waals surface area contributed by atoms with Crippen molar-refractivity contribution in [2.24, 2.45) is 17.6 Å². The van der Waals surface area contributed by atoms with Gasteiger partial charge in [0.25, 0.3) is 0 Å². The molecule has 1 unspecified atom stereocenters. The molecule has 0 bridgehead atoms. The highest BCUT2D eigenvalue weighted by molar-refractivity contribution is 7.80. The molecule has 0 aliphatic carbocycles.